The van der Waals surface area contributed by atoms with Crippen LogP contribution in [-0.2, 0) is 26.2 Å². The van der Waals surface area contributed by atoms with Crippen LogP contribution in [0.3, 0.4) is 0 Å². The van der Waals surface area contributed by atoms with Crippen LogP contribution in [0, 0.1) is 6.92 Å². The maximum absolute atomic E-state index is 13.8. The second-order valence-corrected chi connectivity index (χ2v) is 10.9. The minimum absolute atomic E-state index is 0.110. The van der Waals surface area contributed by atoms with E-state index < -0.39 is 34.2 Å². The minimum Gasteiger partial charge on any atom is -0.488 e. The van der Waals surface area contributed by atoms with Crippen LogP contribution in [0.1, 0.15) is 35.6 Å². The van der Waals surface area contributed by atoms with Gasteiger partial charge in [0.25, 0.3) is 0 Å². The van der Waals surface area contributed by atoms with Gasteiger partial charge in [0.2, 0.25) is 10.0 Å². The van der Waals surface area contributed by atoms with E-state index in [1.54, 1.807) is 42.5 Å². The van der Waals surface area contributed by atoms with Gasteiger partial charge < -0.3 is 9.47 Å². The average molecular weight is 498 g/mol. The molecule has 3 unspecified atom stereocenters. The lowest BCUT2D eigenvalue weighted by Gasteiger charge is -2.28. The molecular formula is C26H24ClNO5S. The third-order valence-electron chi connectivity index (χ3n) is 6.34. The van der Waals surface area contributed by atoms with E-state index in [2.05, 4.69) is 0 Å². The topological polar surface area (TPSA) is 72.9 Å². The summed E-state index contributed by atoms with van der Waals surface area (Å²) in [6.07, 6.45) is -0.140. The van der Waals surface area contributed by atoms with E-state index in [1.165, 1.54) is 4.31 Å². The number of aryl methyl sites for hydroxylation is 1. The van der Waals surface area contributed by atoms with E-state index >= 15 is 0 Å². The van der Waals surface area contributed by atoms with E-state index in [9.17, 15) is 13.2 Å². The van der Waals surface area contributed by atoms with Crippen molar-refractivity contribution in [2.24, 2.45) is 0 Å². The SMILES string of the molecule is Cc1ccc(S(=O)(=O)N2C3CC(Oc4ccc(Cl)cc43)C2CC(=O)OCc2ccccc2)cc1. The van der Waals surface area contributed by atoms with Gasteiger partial charge in [0.05, 0.1) is 23.4 Å². The summed E-state index contributed by atoms with van der Waals surface area (Å²) >= 11 is 6.23. The number of carbonyl (C=O) groups is 1. The molecule has 2 aliphatic rings. The molecule has 1 fully saturated rings. The first-order valence-electron chi connectivity index (χ1n) is 11.1. The van der Waals surface area contributed by atoms with Crippen molar-refractivity contribution in [3.8, 4) is 5.75 Å². The lowest BCUT2D eigenvalue weighted by atomic mass is 9.99. The molecule has 2 heterocycles. The van der Waals surface area contributed by atoms with E-state index in [1.807, 2.05) is 37.3 Å². The number of esters is 1. The van der Waals surface area contributed by atoms with Gasteiger partial charge in [-0.05, 0) is 42.8 Å². The Morgan fingerprint density at radius 3 is 2.56 bits per heavy atom. The number of hydrogen-bond donors (Lipinski definition) is 0. The van der Waals surface area contributed by atoms with Crippen LogP contribution >= 0.6 is 11.6 Å². The van der Waals surface area contributed by atoms with Crippen molar-refractivity contribution in [3.05, 3.63) is 94.5 Å². The Hall–Kier alpha value is -2.87. The predicted molar refractivity (Wildman–Crippen MR) is 128 cm³/mol. The first-order valence-corrected chi connectivity index (χ1v) is 12.9. The van der Waals surface area contributed by atoms with Crippen LogP contribution in [0.15, 0.2) is 77.7 Å². The van der Waals surface area contributed by atoms with Crippen LogP contribution in [0.4, 0.5) is 0 Å². The molecule has 34 heavy (non-hydrogen) atoms. The molecule has 5 rings (SSSR count). The second kappa shape index (κ2) is 9.06. The molecular weight excluding hydrogens is 474 g/mol. The average Bonchev–Trinajstić information content (AvgIpc) is 3.12. The number of hydrogen-bond acceptors (Lipinski definition) is 5. The Bertz CT molecular complexity index is 1310. The summed E-state index contributed by atoms with van der Waals surface area (Å²) in [6.45, 7) is 2.03. The van der Waals surface area contributed by atoms with Gasteiger partial charge >= 0.3 is 5.97 Å². The fraction of sp³-hybridized carbons (Fsp3) is 0.269. The Morgan fingerprint density at radius 2 is 1.82 bits per heavy atom. The highest BCUT2D eigenvalue weighted by Crippen LogP contribution is 2.50. The summed E-state index contributed by atoms with van der Waals surface area (Å²) in [4.78, 5) is 13.0. The molecule has 2 aliphatic heterocycles. The first-order chi connectivity index (χ1) is 16.3. The van der Waals surface area contributed by atoms with Gasteiger partial charge in [-0.2, -0.15) is 4.31 Å². The number of nitrogens with zero attached hydrogens (tertiary/aromatic N) is 1. The highest BCUT2D eigenvalue weighted by atomic mass is 35.5. The molecule has 0 aliphatic carbocycles. The summed E-state index contributed by atoms with van der Waals surface area (Å²) in [7, 11) is -3.92. The number of ether oxygens (including phenoxy) is 2. The molecule has 0 saturated carbocycles. The molecule has 8 heteroatoms. The van der Waals surface area contributed by atoms with E-state index in [4.69, 9.17) is 21.1 Å². The molecule has 6 nitrogen and oxygen atoms in total. The molecule has 3 aromatic carbocycles. The predicted octanol–water partition coefficient (Wildman–Crippen LogP) is 5.05. The van der Waals surface area contributed by atoms with Crippen molar-refractivity contribution >= 4 is 27.6 Å². The number of rotatable bonds is 6. The van der Waals surface area contributed by atoms with Crippen molar-refractivity contribution in [1.82, 2.24) is 4.31 Å². The minimum atomic E-state index is -3.92. The van der Waals surface area contributed by atoms with Gasteiger partial charge in [-0.3, -0.25) is 4.79 Å². The summed E-state index contributed by atoms with van der Waals surface area (Å²) in [5.74, 6) is 0.117. The quantitative estimate of drug-likeness (QED) is 0.446. The summed E-state index contributed by atoms with van der Waals surface area (Å²) in [6, 6.07) is 20.1. The Labute approximate surface area is 204 Å². The van der Waals surface area contributed by atoms with Gasteiger partial charge in [-0.15, -0.1) is 0 Å². The smallest absolute Gasteiger partial charge is 0.307 e. The van der Waals surface area contributed by atoms with Crippen molar-refractivity contribution in [2.45, 2.75) is 49.5 Å². The van der Waals surface area contributed by atoms with Gasteiger partial charge in [0, 0.05) is 17.0 Å². The number of halogens is 1. The summed E-state index contributed by atoms with van der Waals surface area (Å²) < 4.78 is 40.7. The van der Waals surface area contributed by atoms with Gasteiger partial charge in [0.1, 0.15) is 18.5 Å². The van der Waals surface area contributed by atoms with E-state index in [-0.39, 0.29) is 17.9 Å². The number of benzene rings is 3. The molecule has 0 N–H and O–H groups in total. The number of fused-ring (bicyclic) bond motifs is 4. The largest absolute Gasteiger partial charge is 0.488 e. The fourth-order valence-electron chi connectivity index (χ4n) is 4.68. The van der Waals surface area contributed by atoms with Crippen molar-refractivity contribution in [2.75, 3.05) is 0 Å². The molecule has 3 atom stereocenters. The Balaban J connectivity index is 1.47. The zero-order valence-electron chi connectivity index (χ0n) is 18.6. The van der Waals surface area contributed by atoms with Gasteiger partial charge in [0.15, 0.2) is 0 Å². The summed E-state index contributed by atoms with van der Waals surface area (Å²) in [5.41, 5.74) is 2.53. The normalized spacial score (nSPS) is 21.5. The molecule has 2 bridgehead atoms. The number of carbonyl (C=O) groups excluding carboxylic acids is 1. The van der Waals surface area contributed by atoms with E-state index in [0.717, 1.165) is 11.1 Å². The fourth-order valence-corrected chi connectivity index (χ4v) is 6.69. The number of sulfonamides is 1. The molecule has 176 valence electrons. The highest BCUT2D eigenvalue weighted by Gasteiger charge is 2.53. The third-order valence-corrected chi connectivity index (χ3v) is 8.53. The van der Waals surface area contributed by atoms with E-state index in [0.29, 0.717) is 22.8 Å². The van der Waals surface area contributed by atoms with Crippen LogP contribution in [0.2, 0.25) is 5.02 Å². The van der Waals surface area contributed by atoms with Crippen molar-refractivity contribution < 1.29 is 22.7 Å². The first kappa shape index (κ1) is 22.9. The summed E-state index contributed by atoms with van der Waals surface area (Å²) in [5, 5.41) is 0.499. The van der Waals surface area contributed by atoms with Crippen LogP contribution in [0.25, 0.3) is 0 Å². The zero-order chi connectivity index (χ0) is 23.9. The van der Waals surface area contributed by atoms with Crippen LogP contribution in [-0.4, -0.2) is 30.8 Å². The molecule has 0 radical (unpaired) electrons. The maximum Gasteiger partial charge on any atom is 0.307 e. The third kappa shape index (κ3) is 4.31. The molecule has 0 aromatic heterocycles. The lowest BCUT2D eigenvalue weighted by Crippen LogP contribution is -2.42. The molecule has 3 aromatic rings. The zero-order valence-corrected chi connectivity index (χ0v) is 20.1. The van der Waals surface area contributed by atoms with Gasteiger partial charge in [-0.1, -0.05) is 59.6 Å². The Kier molecular flexibility index (Phi) is 6.10. The second-order valence-electron chi connectivity index (χ2n) is 8.66. The molecule has 0 amide bonds. The lowest BCUT2D eigenvalue weighted by molar-refractivity contribution is -0.146. The van der Waals surface area contributed by atoms with Crippen molar-refractivity contribution in [1.29, 1.82) is 0 Å². The van der Waals surface area contributed by atoms with Gasteiger partial charge in [-0.25, -0.2) is 8.42 Å². The molecule has 0 spiro atoms. The standard InChI is InChI=1S/C26H24ClNO5S/c1-17-7-10-20(11-8-17)34(30,31)28-22-14-25(33-24-12-9-19(27)13-21(22)24)23(28)15-26(29)32-16-18-5-3-2-4-6-18/h2-13,22-23,25H,14-16H2,1H3. The van der Waals surface area contributed by atoms with Crippen LogP contribution < -0.4 is 4.74 Å². The molecule has 1 saturated heterocycles. The maximum atomic E-state index is 13.8. The van der Waals surface area contributed by atoms with Crippen LogP contribution in [0.5, 0.6) is 5.75 Å². The highest BCUT2D eigenvalue weighted by molar-refractivity contribution is 7.89. The Morgan fingerprint density at radius 1 is 1.09 bits per heavy atom. The monoisotopic (exact) mass is 497 g/mol. The van der Waals surface area contributed by atoms with Crippen molar-refractivity contribution in [3.63, 3.8) is 0 Å².